The predicted molar refractivity (Wildman–Crippen MR) is 88.6 cm³/mol. The van der Waals surface area contributed by atoms with Gasteiger partial charge in [0.05, 0.1) is 7.11 Å². The van der Waals surface area contributed by atoms with Gasteiger partial charge >= 0.3 is 0 Å². The highest BCUT2D eigenvalue weighted by Gasteiger charge is 2.09. The lowest BCUT2D eigenvalue weighted by Crippen LogP contribution is -2.20. The molecule has 0 aliphatic heterocycles. The van der Waals surface area contributed by atoms with Crippen molar-refractivity contribution < 1.29 is 4.74 Å². The number of methoxy groups -OCH3 is 1. The van der Waals surface area contributed by atoms with Crippen LogP contribution in [0.25, 0.3) is 0 Å². The molecule has 0 bridgehead atoms. The number of rotatable bonds is 7. The maximum absolute atomic E-state index is 5.18. The Morgan fingerprint density at radius 2 is 1.76 bits per heavy atom. The van der Waals surface area contributed by atoms with Crippen molar-refractivity contribution in [3.05, 3.63) is 77.9 Å². The van der Waals surface area contributed by atoms with Crippen molar-refractivity contribution in [2.75, 3.05) is 7.11 Å². The van der Waals surface area contributed by atoms with Gasteiger partial charge in [-0.3, -0.25) is 0 Å². The van der Waals surface area contributed by atoms with E-state index in [0.29, 0.717) is 6.04 Å². The van der Waals surface area contributed by atoms with E-state index < -0.39 is 0 Å². The quantitative estimate of drug-likeness (QED) is 0.759. The molecule has 2 nitrogen and oxygen atoms in total. The Labute approximate surface area is 127 Å². The Morgan fingerprint density at radius 1 is 1.10 bits per heavy atom. The first-order valence-corrected chi connectivity index (χ1v) is 7.26. The van der Waals surface area contributed by atoms with Crippen LogP contribution in [0, 0.1) is 6.92 Å². The zero-order chi connectivity index (χ0) is 15.1. The number of nitrogens with one attached hydrogen (secondary N) is 1. The summed E-state index contributed by atoms with van der Waals surface area (Å²) in [5.41, 5.74) is 3.83. The van der Waals surface area contributed by atoms with E-state index in [2.05, 4.69) is 55.2 Å². The van der Waals surface area contributed by atoms with Gasteiger partial charge in [0.1, 0.15) is 5.75 Å². The highest BCUT2D eigenvalue weighted by atomic mass is 16.5. The molecule has 0 saturated heterocycles. The van der Waals surface area contributed by atoms with Crippen LogP contribution >= 0.6 is 0 Å². The average Bonchev–Trinajstić information content (AvgIpc) is 2.53. The van der Waals surface area contributed by atoms with Gasteiger partial charge < -0.3 is 10.1 Å². The lowest BCUT2D eigenvalue weighted by atomic mass is 10.0. The molecule has 110 valence electrons. The SMILES string of the molecule is C=CC[C@H](NCc1ccc(OC)cc1)c1ccc(C)cc1. The maximum Gasteiger partial charge on any atom is 0.118 e. The second-order valence-corrected chi connectivity index (χ2v) is 5.22. The summed E-state index contributed by atoms with van der Waals surface area (Å²) in [5, 5.41) is 3.60. The molecule has 0 aromatic heterocycles. The Balaban J connectivity index is 2.02. The molecule has 0 fully saturated rings. The van der Waals surface area contributed by atoms with Gasteiger partial charge in [-0.1, -0.05) is 48.0 Å². The van der Waals surface area contributed by atoms with Gasteiger partial charge in [-0.05, 0) is 36.6 Å². The number of benzene rings is 2. The molecule has 0 aliphatic rings. The van der Waals surface area contributed by atoms with E-state index in [1.807, 2.05) is 18.2 Å². The summed E-state index contributed by atoms with van der Waals surface area (Å²) in [4.78, 5) is 0. The molecule has 0 saturated carbocycles. The van der Waals surface area contributed by atoms with Crippen molar-refractivity contribution in [1.82, 2.24) is 5.32 Å². The predicted octanol–water partition coefficient (Wildman–Crippen LogP) is 4.41. The molecule has 1 N–H and O–H groups in total. The highest BCUT2D eigenvalue weighted by Crippen LogP contribution is 2.19. The Kier molecular flexibility index (Phi) is 5.59. The molecule has 2 aromatic rings. The van der Waals surface area contributed by atoms with E-state index in [1.54, 1.807) is 7.11 Å². The third kappa shape index (κ3) is 4.47. The van der Waals surface area contributed by atoms with Crippen molar-refractivity contribution in [1.29, 1.82) is 0 Å². The molecule has 2 heteroatoms. The van der Waals surface area contributed by atoms with Crippen molar-refractivity contribution in [3.63, 3.8) is 0 Å². The molecular weight excluding hydrogens is 258 g/mol. The lowest BCUT2D eigenvalue weighted by molar-refractivity contribution is 0.414. The van der Waals surface area contributed by atoms with Crippen LogP contribution in [0.3, 0.4) is 0 Å². The molecule has 0 heterocycles. The largest absolute Gasteiger partial charge is 0.497 e. The van der Waals surface area contributed by atoms with Crippen LogP contribution in [-0.2, 0) is 6.54 Å². The standard InChI is InChI=1S/C19H23NO/c1-4-5-19(17-10-6-15(2)7-11-17)20-14-16-8-12-18(21-3)13-9-16/h4,6-13,19-20H,1,5,14H2,2-3H3/t19-/m0/s1. The lowest BCUT2D eigenvalue weighted by Gasteiger charge is -2.18. The summed E-state index contributed by atoms with van der Waals surface area (Å²) in [6.07, 6.45) is 2.88. The molecule has 0 spiro atoms. The molecular formula is C19H23NO. The van der Waals surface area contributed by atoms with Crippen LogP contribution in [0.4, 0.5) is 0 Å². The van der Waals surface area contributed by atoms with E-state index in [1.165, 1.54) is 16.7 Å². The zero-order valence-corrected chi connectivity index (χ0v) is 12.8. The van der Waals surface area contributed by atoms with Gasteiger partial charge in [-0.25, -0.2) is 0 Å². The summed E-state index contributed by atoms with van der Waals surface area (Å²) in [6.45, 7) is 6.80. The van der Waals surface area contributed by atoms with Crippen molar-refractivity contribution >= 4 is 0 Å². The fraction of sp³-hybridized carbons (Fsp3) is 0.263. The highest BCUT2D eigenvalue weighted by molar-refractivity contribution is 5.28. The summed E-state index contributed by atoms with van der Waals surface area (Å²) in [7, 11) is 1.69. The molecule has 0 amide bonds. The van der Waals surface area contributed by atoms with E-state index in [4.69, 9.17) is 4.74 Å². The Hall–Kier alpha value is -2.06. The van der Waals surface area contributed by atoms with Gasteiger partial charge in [0, 0.05) is 12.6 Å². The Bertz CT molecular complexity index is 557. The monoisotopic (exact) mass is 281 g/mol. The molecule has 1 atom stereocenters. The van der Waals surface area contributed by atoms with Gasteiger partial charge in [-0.15, -0.1) is 6.58 Å². The van der Waals surface area contributed by atoms with Crippen LogP contribution in [0.2, 0.25) is 0 Å². The molecule has 2 aromatic carbocycles. The maximum atomic E-state index is 5.18. The normalized spacial score (nSPS) is 11.9. The van der Waals surface area contributed by atoms with Gasteiger partial charge in [0.25, 0.3) is 0 Å². The summed E-state index contributed by atoms with van der Waals surface area (Å²) in [5.74, 6) is 0.889. The third-order valence-corrected chi connectivity index (χ3v) is 3.59. The first-order valence-electron chi connectivity index (χ1n) is 7.26. The minimum absolute atomic E-state index is 0.296. The van der Waals surface area contributed by atoms with Crippen molar-refractivity contribution in [2.24, 2.45) is 0 Å². The minimum atomic E-state index is 0.296. The van der Waals surface area contributed by atoms with Gasteiger partial charge in [0.2, 0.25) is 0 Å². The molecule has 0 unspecified atom stereocenters. The van der Waals surface area contributed by atoms with Gasteiger partial charge in [-0.2, -0.15) is 0 Å². The fourth-order valence-electron chi connectivity index (χ4n) is 2.29. The zero-order valence-electron chi connectivity index (χ0n) is 12.8. The van der Waals surface area contributed by atoms with Crippen molar-refractivity contribution in [2.45, 2.75) is 25.9 Å². The first kappa shape index (κ1) is 15.3. The van der Waals surface area contributed by atoms with E-state index >= 15 is 0 Å². The molecule has 2 rings (SSSR count). The number of ether oxygens (including phenoxy) is 1. The molecule has 0 aliphatic carbocycles. The Morgan fingerprint density at radius 3 is 2.33 bits per heavy atom. The second-order valence-electron chi connectivity index (χ2n) is 5.22. The van der Waals surface area contributed by atoms with Crippen LogP contribution in [0.15, 0.2) is 61.2 Å². The molecule has 21 heavy (non-hydrogen) atoms. The average molecular weight is 281 g/mol. The van der Waals surface area contributed by atoms with Crippen LogP contribution < -0.4 is 10.1 Å². The molecule has 0 radical (unpaired) electrons. The number of aryl methyl sites for hydroxylation is 1. The van der Waals surface area contributed by atoms with Crippen LogP contribution in [0.1, 0.15) is 29.2 Å². The third-order valence-electron chi connectivity index (χ3n) is 3.59. The minimum Gasteiger partial charge on any atom is -0.497 e. The second kappa shape index (κ2) is 7.65. The summed E-state index contributed by atoms with van der Waals surface area (Å²) >= 11 is 0. The summed E-state index contributed by atoms with van der Waals surface area (Å²) < 4.78 is 5.18. The van der Waals surface area contributed by atoms with Crippen LogP contribution in [-0.4, -0.2) is 7.11 Å². The smallest absolute Gasteiger partial charge is 0.118 e. The number of hydrogen-bond acceptors (Lipinski definition) is 2. The number of hydrogen-bond donors (Lipinski definition) is 1. The summed E-state index contributed by atoms with van der Waals surface area (Å²) in [6, 6.07) is 17.1. The van der Waals surface area contributed by atoms with Crippen LogP contribution in [0.5, 0.6) is 5.75 Å². The van der Waals surface area contributed by atoms with E-state index in [0.717, 1.165) is 18.7 Å². The first-order chi connectivity index (χ1) is 10.2. The van der Waals surface area contributed by atoms with E-state index in [9.17, 15) is 0 Å². The van der Waals surface area contributed by atoms with Crippen molar-refractivity contribution in [3.8, 4) is 5.75 Å². The van der Waals surface area contributed by atoms with Gasteiger partial charge in [0.15, 0.2) is 0 Å². The topological polar surface area (TPSA) is 21.3 Å². The fourth-order valence-corrected chi connectivity index (χ4v) is 2.29. The van der Waals surface area contributed by atoms with E-state index in [-0.39, 0.29) is 0 Å².